The molecule has 1 aromatic carbocycles. The lowest BCUT2D eigenvalue weighted by molar-refractivity contribution is 0.0341. The molecule has 0 saturated carbocycles. The number of aromatic nitrogens is 1. The molecule has 24 heavy (non-hydrogen) atoms. The van der Waals surface area contributed by atoms with Crippen LogP contribution in [0, 0.1) is 6.92 Å². The van der Waals surface area contributed by atoms with Gasteiger partial charge in [0.05, 0.1) is 19.8 Å². The average Bonchev–Trinajstić information content (AvgIpc) is 3.05. The van der Waals surface area contributed by atoms with E-state index < -0.39 is 0 Å². The van der Waals surface area contributed by atoms with E-state index >= 15 is 0 Å². The Hall–Kier alpha value is -1.76. The number of aryl methyl sites for hydroxylation is 1. The second-order valence-electron chi connectivity index (χ2n) is 5.90. The van der Waals surface area contributed by atoms with E-state index in [0.29, 0.717) is 12.2 Å². The van der Waals surface area contributed by atoms with Crippen LogP contribution in [0.1, 0.15) is 28.0 Å². The van der Waals surface area contributed by atoms with Crippen molar-refractivity contribution in [1.82, 2.24) is 9.88 Å². The first-order valence-corrected chi connectivity index (χ1v) is 9.18. The lowest BCUT2D eigenvalue weighted by Gasteiger charge is -2.25. The van der Waals surface area contributed by atoms with Gasteiger partial charge in [-0.2, -0.15) is 0 Å². The highest BCUT2D eigenvalue weighted by Crippen LogP contribution is 2.20. The van der Waals surface area contributed by atoms with Gasteiger partial charge in [-0.1, -0.05) is 12.1 Å². The van der Waals surface area contributed by atoms with Crippen LogP contribution in [0.2, 0.25) is 0 Å². The van der Waals surface area contributed by atoms with E-state index in [0.717, 1.165) is 49.1 Å². The molecule has 0 bridgehead atoms. The molecule has 1 aromatic heterocycles. The fourth-order valence-corrected chi connectivity index (χ4v) is 3.62. The van der Waals surface area contributed by atoms with Crippen LogP contribution >= 0.6 is 11.3 Å². The molecule has 2 aromatic rings. The van der Waals surface area contributed by atoms with Crippen molar-refractivity contribution in [2.24, 2.45) is 0 Å². The third-order valence-corrected chi connectivity index (χ3v) is 4.94. The van der Waals surface area contributed by atoms with Crippen molar-refractivity contribution in [2.45, 2.75) is 20.4 Å². The van der Waals surface area contributed by atoms with E-state index in [1.54, 1.807) is 16.2 Å². The fraction of sp³-hybridized carbons (Fsp3) is 0.444. The van der Waals surface area contributed by atoms with Gasteiger partial charge >= 0.3 is 0 Å². The zero-order valence-corrected chi connectivity index (χ0v) is 15.0. The fourth-order valence-electron chi connectivity index (χ4n) is 2.81. The Morgan fingerprint density at radius 2 is 2.17 bits per heavy atom. The van der Waals surface area contributed by atoms with Crippen LogP contribution in [0.4, 0.5) is 5.69 Å². The first kappa shape index (κ1) is 17.1. The van der Waals surface area contributed by atoms with Crippen molar-refractivity contribution in [1.29, 1.82) is 0 Å². The molecule has 0 radical (unpaired) electrons. The highest BCUT2D eigenvalue weighted by Gasteiger charge is 2.20. The second-order valence-corrected chi connectivity index (χ2v) is 6.85. The Morgan fingerprint density at radius 3 is 2.88 bits per heavy atom. The van der Waals surface area contributed by atoms with Crippen LogP contribution in [-0.4, -0.2) is 48.6 Å². The van der Waals surface area contributed by atoms with Crippen LogP contribution in [0.3, 0.4) is 0 Å². The summed E-state index contributed by atoms with van der Waals surface area (Å²) < 4.78 is 5.37. The maximum absolute atomic E-state index is 12.8. The number of carbonyl (C=O) groups is 1. The van der Waals surface area contributed by atoms with Gasteiger partial charge < -0.3 is 9.64 Å². The summed E-state index contributed by atoms with van der Waals surface area (Å²) in [6.07, 6.45) is 0. The number of amides is 1. The predicted molar refractivity (Wildman–Crippen MR) is 96.7 cm³/mol. The number of rotatable bonds is 5. The van der Waals surface area contributed by atoms with E-state index in [1.165, 1.54) is 0 Å². The maximum Gasteiger partial charge on any atom is 0.277 e. The SMILES string of the molecule is CCN(C(=O)c1csc(CN2CCOCC2)n1)c1cccc(C)c1. The normalized spacial score (nSPS) is 15.4. The van der Waals surface area contributed by atoms with Crippen molar-refractivity contribution in [3.63, 3.8) is 0 Å². The van der Waals surface area contributed by atoms with Gasteiger partial charge in [0.25, 0.3) is 5.91 Å². The first-order valence-electron chi connectivity index (χ1n) is 8.30. The number of anilines is 1. The summed E-state index contributed by atoms with van der Waals surface area (Å²) in [5.41, 5.74) is 2.60. The Bertz CT molecular complexity index is 695. The number of carbonyl (C=O) groups excluding carboxylic acids is 1. The predicted octanol–water partition coefficient (Wildman–Crippen LogP) is 2.95. The van der Waals surface area contributed by atoms with Crippen molar-refractivity contribution < 1.29 is 9.53 Å². The van der Waals surface area contributed by atoms with Crippen LogP contribution in [0.25, 0.3) is 0 Å². The molecule has 2 heterocycles. The lowest BCUT2D eigenvalue weighted by atomic mass is 10.2. The Kier molecular flexibility index (Phi) is 5.60. The van der Waals surface area contributed by atoms with E-state index in [4.69, 9.17) is 4.74 Å². The summed E-state index contributed by atoms with van der Waals surface area (Å²) in [6, 6.07) is 8.01. The van der Waals surface area contributed by atoms with Gasteiger partial charge in [-0.05, 0) is 31.5 Å². The van der Waals surface area contributed by atoms with Gasteiger partial charge in [0.15, 0.2) is 0 Å². The van der Waals surface area contributed by atoms with Crippen molar-refractivity contribution in [3.8, 4) is 0 Å². The number of hydrogen-bond donors (Lipinski definition) is 0. The highest BCUT2D eigenvalue weighted by atomic mass is 32.1. The molecule has 1 fully saturated rings. The molecule has 3 rings (SSSR count). The molecule has 6 heteroatoms. The number of benzene rings is 1. The Balaban J connectivity index is 1.71. The summed E-state index contributed by atoms with van der Waals surface area (Å²) >= 11 is 1.56. The van der Waals surface area contributed by atoms with Gasteiger partial charge in [-0.15, -0.1) is 11.3 Å². The molecular formula is C18H23N3O2S. The Labute approximate surface area is 146 Å². The zero-order valence-electron chi connectivity index (χ0n) is 14.2. The largest absolute Gasteiger partial charge is 0.379 e. The van der Waals surface area contributed by atoms with E-state index in [1.807, 2.05) is 43.5 Å². The van der Waals surface area contributed by atoms with Gasteiger partial charge in [-0.3, -0.25) is 9.69 Å². The monoisotopic (exact) mass is 345 g/mol. The Morgan fingerprint density at radius 1 is 1.38 bits per heavy atom. The molecule has 1 amide bonds. The van der Waals surface area contributed by atoms with E-state index in [9.17, 15) is 4.79 Å². The third kappa shape index (κ3) is 4.01. The van der Waals surface area contributed by atoms with Gasteiger partial charge in [0.1, 0.15) is 10.7 Å². The molecule has 1 aliphatic heterocycles. The molecule has 5 nitrogen and oxygen atoms in total. The smallest absolute Gasteiger partial charge is 0.277 e. The number of morpholine rings is 1. The average molecular weight is 345 g/mol. The van der Waals surface area contributed by atoms with Crippen molar-refractivity contribution >= 4 is 22.9 Å². The third-order valence-electron chi connectivity index (χ3n) is 4.11. The molecule has 0 unspecified atom stereocenters. The second kappa shape index (κ2) is 7.88. The standard InChI is InChI=1S/C18H23N3O2S/c1-3-21(15-6-4-5-14(2)11-15)18(22)16-13-24-17(19-16)12-20-7-9-23-10-8-20/h4-6,11,13H,3,7-10,12H2,1-2H3. The topological polar surface area (TPSA) is 45.7 Å². The van der Waals surface area contributed by atoms with Crippen LogP contribution in [-0.2, 0) is 11.3 Å². The van der Waals surface area contributed by atoms with E-state index in [2.05, 4.69) is 9.88 Å². The molecule has 0 spiro atoms. The van der Waals surface area contributed by atoms with Crippen LogP contribution in [0.15, 0.2) is 29.6 Å². The number of hydrogen-bond acceptors (Lipinski definition) is 5. The molecule has 128 valence electrons. The van der Waals surface area contributed by atoms with Gasteiger partial charge in [-0.25, -0.2) is 4.98 Å². The molecule has 1 saturated heterocycles. The molecule has 0 N–H and O–H groups in total. The minimum atomic E-state index is -0.0347. The molecule has 1 aliphatic rings. The molecule has 0 atom stereocenters. The van der Waals surface area contributed by atoms with Crippen LogP contribution < -0.4 is 4.90 Å². The summed E-state index contributed by atoms with van der Waals surface area (Å²) in [6.45, 7) is 8.82. The highest BCUT2D eigenvalue weighted by molar-refractivity contribution is 7.09. The lowest BCUT2D eigenvalue weighted by Crippen LogP contribution is -2.35. The summed E-state index contributed by atoms with van der Waals surface area (Å²) in [5, 5.41) is 2.86. The molecular weight excluding hydrogens is 322 g/mol. The molecule has 0 aliphatic carbocycles. The minimum Gasteiger partial charge on any atom is -0.379 e. The zero-order chi connectivity index (χ0) is 16.9. The van der Waals surface area contributed by atoms with Crippen LogP contribution in [0.5, 0.6) is 0 Å². The maximum atomic E-state index is 12.8. The van der Waals surface area contributed by atoms with Crippen molar-refractivity contribution in [3.05, 3.63) is 45.9 Å². The quantitative estimate of drug-likeness (QED) is 0.836. The van der Waals surface area contributed by atoms with Gasteiger partial charge in [0, 0.05) is 30.7 Å². The number of ether oxygens (including phenoxy) is 1. The number of nitrogens with zero attached hydrogens (tertiary/aromatic N) is 3. The van der Waals surface area contributed by atoms with E-state index in [-0.39, 0.29) is 5.91 Å². The minimum absolute atomic E-state index is 0.0347. The summed E-state index contributed by atoms with van der Waals surface area (Å²) in [7, 11) is 0. The van der Waals surface area contributed by atoms with Gasteiger partial charge in [0.2, 0.25) is 0 Å². The van der Waals surface area contributed by atoms with Crippen molar-refractivity contribution in [2.75, 3.05) is 37.7 Å². The summed E-state index contributed by atoms with van der Waals surface area (Å²) in [5.74, 6) is -0.0347. The number of thiazole rings is 1. The first-order chi connectivity index (χ1) is 11.7. The summed E-state index contributed by atoms with van der Waals surface area (Å²) in [4.78, 5) is 21.5.